The second kappa shape index (κ2) is 4.28. The van der Waals surface area contributed by atoms with E-state index in [0.29, 0.717) is 10.6 Å². The Balaban J connectivity index is 2.26. The Morgan fingerprint density at radius 2 is 2.31 bits per heavy atom. The number of phenols is 1. The van der Waals surface area contributed by atoms with Gasteiger partial charge in [-0.1, -0.05) is 10.6 Å². The molecule has 6 heteroatoms. The molecule has 0 aliphatic carbocycles. The third kappa shape index (κ3) is 2.01. The quantitative estimate of drug-likeness (QED) is 0.857. The van der Waals surface area contributed by atoms with Crippen LogP contribution >= 0.6 is 11.5 Å². The molecule has 0 aliphatic heterocycles. The minimum atomic E-state index is -0.194. The summed E-state index contributed by atoms with van der Waals surface area (Å²) >= 11 is 1.04. The Labute approximate surface area is 96.1 Å². The maximum Gasteiger partial charge on any atom is 0.271 e. The molecule has 0 saturated carbocycles. The molecule has 2 rings (SSSR count). The lowest BCUT2D eigenvalue weighted by Crippen LogP contribution is -2.25. The summed E-state index contributed by atoms with van der Waals surface area (Å²) in [4.78, 5) is 13.8. The van der Waals surface area contributed by atoms with E-state index >= 15 is 0 Å². The zero-order valence-corrected chi connectivity index (χ0v) is 9.31. The summed E-state index contributed by atoms with van der Waals surface area (Å²) in [5, 5.41) is 12.9. The lowest BCUT2D eigenvalue weighted by atomic mass is 10.2. The van der Waals surface area contributed by atoms with Gasteiger partial charge in [0.2, 0.25) is 0 Å². The average molecular weight is 235 g/mol. The van der Waals surface area contributed by atoms with Crippen molar-refractivity contribution >= 4 is 23.1 Å². The van der Waals surface area contributed by atoms with Crippen LogP contribution in [0.5, 0.6) is 5.75 Å². The highest BCUT2D eigenvalue weighted by molar-refractivity contribution is 7.07. The predicted molar refractivity (Wildman–Crippen MR) is 60.7 cm³/mol. The number of carbonyl (C=O) groups is 1. The molecular weight excluding hydrogens is 226 g/mol. The highest BCUT2D eigenvalue weighted by Gasteiger charge is 2.15. The standard InChI is InChI=1S/C10H9N3O2S/c1-13(7-3-2-4-8(14)5-7)10(15)9-6-11-12-16-9/h2-6,14H,1H3. The van der Waals surface area contributed by atoms with E-state index in [4.69, 9.17) is 0 Å². The van der Waals surface area contributed by atoms with Gasteiger partial charge in [-0.2, -0.15) is 0 Å². The van der Waals surface area contributed by atoms with Crippen LogP contribution in [-0.4, -0.2) is 27.6 Å². The summed E-state index contributed by atoms with van der Waals surface area (Å²) in [6.45, 7) is 0. The lowest BCUT2D eigenvalue weighted by molar-refractivity contribution is 0.0996. The van der Waals surface area contributed by atoms with E-state index in [0.717, 1.165) is 11.5 Å². The monoisotopic (exact) mass is 235 g/mol. The Hall–Kier alpha value is -1.95. The smallest absolute Gasteiger partial charge is 0.271 e. The van der Waals surface area contributed by atoms with E-state index in [2.05, 4.69) is 9.59 Å². The van der Waals surface area contributed by atoms with E-state index in [1.54, 1.807) is 25.2 Å². The molecule has 1 amide bonds. The topological polar surface area (TPSA) is 66.3 Å². The van der Waals surface area contributed by atoms with E-state index in [1.807, 2.05) is 0 Å². The Morgan fingerprint density at radius 1 is 1.50 bits per heavy atom. The molecule has 1 aromatic carbocycles. The Morgan fingerprint density at radius 3 is 2.94 bits per heavy atom. The van der Waals surface area contributed by atoms with E-state index in [-0.39, 0.29) is 11.7 Å². The number of rotatable bonds is 2. The van der Waals surface area contributed by atoms with Crippen molar-refractivity contribution in [3.63, 3.8) is 0 Å². The molecule has 1 N–H and O–H groups in total. The highest BCUT2D eigenvalue weighted by Crippen LogP contribution is 2.20. The van der Waals surface area contributed by atoms with Crippen LogP contribution in [0.2, 0.25) is 0 Å². The minimum Gasteiger partial charge on any atom is -0.508 e. The zero-order chi connectivity index (χ0) is 11.5. The van der Waals surface area contributed by atoms with Crippen LogP contribution in [0, 0.1) is 0 Å². The first kappa shape index (κ1) is 10.6. The lowest BCUT2D eigenvalue weighted by Gasteiger charge is -2.15. The SMILES string of the molecule is CN(C(=O)c1cnns1)c1cccc(O)c1. The van der Waals surface area contributed by atoms with Gasteiger partial charge in [0.05, 0.1) is 6.20 Å². The summed E-state index contributed by atoms with van der Waals surface area (Å²) in [5.74, 6) is -0.0693. The van der Waals surface area contributed by atoms with Crippen LogP contribution in [0.3, 0.4) is 0 Å². The van der Waals surface area contributed by atoms with Crippen LogP contribution in [0.1, 0.15) is 9.67 Å². The van der Waals surface area contributed by atoms with Crippen LogP contribution < -0.4 is 4.90 Å². The number of anilines is 1. The van der Waals surface area contributed by atoms with E-state index < -0.39 is 0 Å². The van der Waals surface area contributed by atoms with Gasteiger partial charge in [-0.25, -0.2) is 0 Å². The van der Waals surface area contributed by atoms with Gasteiger partial charge in [-0.15, -0.1) is 5.10 Å². The van der Waals surface area contributed by atoms with Crippen molar-refractivity contribution in [3.8, 4) is 5.75 Å². The average Bonchev–Trinajstić information content (AvgIpc) is 2.80. The first-order valence-electron chi connectivity index (χ1n) is 4.53. The fourth-order valence-corrected chi connectivity index (χ4v) is 1.74. The van der Waals surface area contributed by atoms with Crippen LogP contribution in [0.4, 0.5) is 5.69 Å². The van der Waals surface area contributed by atoms with Gasteiger partial charge in [-0.05, 0) is 23.7 Å². The molecule has 2 aromatic rings. The maximum absolute atomic E-state index is 11.9. The fraction of sp³-hybridized carbons (Fsp3) is 0.100. The first-order valence-corrected chi connectivity index (χ1v) is 5.30. The van der Waals surface area contributed by atoms with Crippen molar-refractivity contribution in [3.05, 3.63) is 35.3 Å². The number of amides is 1. The van der Waals surface area contributed by atoms with Gasteiger partial charge in [0.1, 0.15) is 10.6 Å². The molecule has 16 heavy (non-hydrogen) atoms. The van der Waals surface area contributed by atoms with Crippen molar-refractivity contribution in [1.29, 1.82) is 0 Å². The second-order valence-electron chi connectivity index (χ2n) is 3.17. The van der Waals surface area contributed by atoms with Crippen LogP contribution in [0.25, 0.3) is 0 Å². The van der Waals surface area contributed by atoms with Crippen molar-refractivity contribution < 1.29 is 9.90 Å². The molecule has 0 unspecified atom stereocenters. The normalized spacial score (nSPS) is 10.1. The number of phenolic OH excluding ortho intramolecular Hbond substituents is 1. The van der Waals surface area contributed by atoms with E-state index in [9.17, 15) is 9.90 Å². The van der Waals surface area contributed by atoms with Gasteiger partial charge in [0.25, 0.3) is 5.91 Å². The van der Waals surface area contributed by atoms with Crippen molar-refractivity contribution in [2.75, 3.05) is 11.9 Å². The molecule has 0 fully saturated rings. The minimum absolute atomic E-state index is 0.125. The molecule has 0 spiro atoms. The van der Waals surface area contributed by atoms with E-state index in [1.165, 1.54) is 17.2 Å². The number of aromatic hydroxyl groups is 1. The summed E-state index contributed by atoms with van der Waals surface area (Å²) in [5.41, 5.74) is 0.624. The summed E-state index contributed by atoms with van der Waals surface area (Å²) in [7, 11) is 1.64. The molecule has 0 aliphatic rings. The fourth-order valence-electron chi connectivity index (χ4n) is 1.25. The van der Waals surface area contributed by atoms with Crippen molar-refractivity contribution in [2.24, 2.45) is 0 Å². The molecule has 0 bridgehead atoms. The first-order chi connectivity index (χ1) is 7.68. The molecule has 0 saturated heterocycles. The molecule has 0 atom stereocenters. The Kier molecular flexibility index (Phi) is 2.82. The third-order valence-corrected chi connectivity index (χ3v) is 2.75. The second-order valence-corrected chi connectivity index (χ2v) is 3.95. The molecule has 82 valence electrons. The van der Waals surface area contributed by atoms with Gasteiger partial charge in [0, 0.05) is 18.8 Å². The summed E-state index contributed by atoms with van der Waals surface area (Å²) in [6.07, 6.45) is 1.42. The number of carbonyl (C=O) groups excluding carboxylic acids is 1. The number of aromatic nitrogens is 2. The van der Waals surface area contributed by atoms with Crippen molar-refractivity contribution in [1.82, 2.24) is 9.59 Å². The molecule has 5 nitrogen and oxygen atoms in total. The summed E-state index contributed by atoms with van der Waals surface area (Å²) < 4.78 is 3.63. The number of benzene rings is 1. The van der Waals surface area contributed by atoms with Crippen molar-refractivity contribution in [2.45, 2.75) is 0 Å². The number of nitrogens with zero attached hydrogens (tertiary/aromatic N) is 3. The third-order valence-electron chi connectivity index (χ3n) is 2.09. The molecule has 0 radical (unpaired) electrons. The molecular formula is C10H9N3O2S. The maximum atomic E-state index is 11.9. The van der Waals surface area contributed by atoms with Gasteiger partial charge < -0.3 is 10.0 Å². The van der Waals surface area contributed by atoms with Gasteiger partial charge in [-0.3, -0.25) is 4.79 Å². The Bertz CT molecular complexity index is 499. The highest BCUT2D eigenvalue weighted by atomic mass is 32.1. The number of hydrogen-bond donors (Lipinski definition) is 1. The predicted octanol–water partition coefficient (Wildman–Crippen LogP) is 1.52. The van der Waals surface area contributed by atoms with Gasteiger partial charge >= 0.3 is 0 Å². The summed E-state index contributed by atoms with van der Waals surface area (Å²) in [6, 6.07) is 6.49. The zero-order valence-electron chi connectivity index (χ0n) is 8.49. The molecule has 1 aromatic heterocycles. The van der Waals surface area contributed by atoms with Gasteiger partial charge in [0.15, 0.2) is 0 Å². The van der Waals surface area contributed by atoms with Crippen LogP contribution in [0.15, 0.2) is 30.5 Å². The largest absolute Gasteiger partial charge is 0.508 e. The van der Waals surface area contributed by atoms with Crippen LogP contribution in [-0.2, 0) is 0 Å². The molecule has 1 heterocycles. The number of hydrogen-bond acceptors (Lipinski definition) is 5.